The molecule has 4 saturated carbocycles. The number of hydrogen-bond acceptors (Lipinski definition) is 7. The van der Waals surface area contributed by atoms with E-state index in [0.717, 1.165) is 51.4 Å². The molecule has 244 valence electrons. The van der Waals surface area contributed by atoms with Crippen LogP contribution < -0.4 is 0 Å². The van der Waals surface area contributed by atoms with Crippen LogP contribution in [0.4, 0.5) is 0 Å². The standard InChI is InChI=1S/C35H56O8/c1-20(36)41-22-18-24-32(6)14-12-25(42-28(39)19-27(37)38)30(2,3)23(32)11-16-33(24,7)34(8)15-10-21(29(22)34)35(9)17-13-26(43-35)31(4,5)40/h21-26,29,40H,10-19H2,1-9H3,(H,37,38)/t21-,22+,23-,24+,25+,26+,29-,32-,33+,34+,35-/m0/s1. The second kappa shape index (κ2) is 10.4. The lowest BCUT2D eigenvalue weighted by Crippen LogP contribution is -2.67. The molecule has 8 nitrogen and oxygen atoms in total. The number of hydrogen-bond donors (Lipinski definition) is 2. The fourth-order valence-electron chi connectivity index (χ4n) is 11.9. The minimum Gasteiger partial charge on any atom is -0.481 e. The van der Waals surface area contributed by atoms with E-state index in [0.29, 0.717) is 12.3 Å². The molecule has 2 N–H and O–H groups in total. The second-order valence-electron chi connectivity index (χ2n) is 17.1. The molecule has 5 aliphatic rings. The molecule has 4 aliphatic carbocycles. The Hall–Kier alpha value is -1.67. The molecule has 43 heavy (non-hydrogen) atoms. The van der Waals surface area contributed by atoms with Gasteiger partial charge in [-0.05, 0) is 113 Å². The summed E-state index contributed by atoms with van der Waals surface area (Å²) in [6.07, 6.45) is 6.90. The maximum atomic E-state index is 12.6. The predicted molar refractivity (Wildman–Crippen MR) is 161 cm³/mol. The number of rotatable bonds is 6. The molecule has 0 bridgehead atoms. The number of carboxylic acid groups (broad SMARTS) is 1. The van der Waals surface area contributed by atoms with Gasteiger partial charge in [-0.15, -0.1) is 0 Å². The van der Waals surface area contributed by atoms with Gasteiger partial charge in [0.15, 0.2) is 0 Å². The van der Waals surface area contributed by atoms with Gasteiger partial charge in [-0.2, -0.15) is 0 Å². The number of ether oxygens (including phenoxy) is 3. The van der Waals surface area contributed by atoms with Crippen LogP contribution in [0.5, 0.6) is 0 Å². The maximum absolute atomic E-state index is 12.6. The number of carboxylic acids is 1. The van der Waals surface area contributed by atoms with Gasteiger partial charge < -0.3 is 24.4 Å². The van der Waals surface area contributed by atoms with E-state index >= 15 is 0 Å². The summed E-state index contributed by atoms with van der Waals surface area (Å²) in [4.78, 5) is 36.2. The van der Waals surface area contributed by atoms with Crippen LogP contribution in [0.3, 0.4) is 0 Å². The third-order valence-corrected chi connectivity index (χ3v) is 14.1. The molecule has 11 atom stereocenters. The van der Waals surface area contributed by atoms with Crippen molar-refractivity contribution in [3.8, 4) is 0 Å². The Labute approximate surface area is 258 Å². The van der Waals surface area contributed by atoms with Crippen molar-refractivity contribution in [1.82, 2.24) is 0 Å². The highest BCUT2D eigenvalue weighted by Crippen LogP contribution is 2.76. The monoisotopic (exact) mass is 604 g/mol. The highest BCUT2D eigenvalue weighted by atomic mass is 16.6. The minimum absolute atomic E-state index is 0.0296. The molecule has 0 aromatic rings. The van der Waals surface area contributed by atoms with E-state index in [1.165, 1.54) is 6.92 Å². The third kappa shape index (κ3) is 5.05. The first kappa shape index (κ1) is 32.7. The lowest BCUT2D eigenvalue weighted by atomic mass is 9.35. The van der Waals surface area contributed by atoms with Crippen molar-refractivity contribution >= 4 is 17.9 Å². The van der Waals surface area contributed by atoms with E-state index in [1.54, 1.807) is 0 Å². The molecule has 1 heterocycles. The first-order valence-corrected chi connectivity index (χ1v) is 16.7. The first-order valence-electron chi connectivity index (χ1n) is 16.7. The van der Waals surface area contributed by atoms with E-state index in [4.69, 9.17) is 19.3 Å². The normalized spacial score (nSPS) is 47.2. The molecule has 0 radical (unpaired) electrons. The van der Waals surface area contributed by atoms with Gasteiger partial charge in [-0.3, -0.25) is 14.4 Å². The Kier molecular flexibility index (Phi) is 7.94. The Bertz CT molecular complexity index is 1140. The van der Waals surface area contributed by atoms with Gasteiger partial charge in [0.25, 0.3) is 0 Å². The molecule has 0 spiro atoms. The number of aliphatic hydroxyl groups is 1. The molecule has 0 unspecified atom stereocenters. The van der Waals surface area contributed by atoms with Crippen LogP contribution in [0, 0.1) is 45.3 Å². The number of carbonyl (C=O) groups is 3. The van der Waals surface area contributed by atoms with Crippen molar-refractivity contribution in [1.29, 1.82) is 0 Å². The summed E-state index contributed by atoms with van der Waals surface area (Å²) < 4.78 is 18.9. The quantitative estimate of drug-likeness (QED) is 0.268. The van der Waals surface area contributed by atoms with Crippen LogP contribution in [-0.4, -0.2) is 57.6 Å². The smallest absolute Gasteiger partial charge is 0.317 e. The number of aliphatic carboxylic acids is 1. The minimum atomic E-state index is -1.17. The zero-order valence-electron chi connectivity index (χ0n) is 28.0. The lowest BCUT2D eigenvalue weighted by Gasteiger charge is -2.70. The molecule has 5 fully saturated rings. The van der Waals surface area contributed by atoms with Crippen LogP contribution in [0.25, 0.3) is 0 Å². The van der Waals surface area contributed by atoms with Gasteiger partial charge in [0.2, 0.25) is 0 Å². The molecular weight excluding hydrogens is 548 g/mol. The fraction of sp³-hybridized carbons (Fsp3) is 0.914. The second-order valence-corrected chi connectivity index (χ2v) is 17.1. The van der Waals surface area contributed by atoms with Crippen LogP contribution in [0.2, 0.25) is 0 Å². The number of carbonyl (C=O) groups excluding carboxylic acids is 2. The van der Waals surface area contributed by atoms with Crippen LogP contribution >= 0.6 is 0 Å². The Morgan fingerprint density at radius 1 is 0.860 bits per heavy atom. The van der Waals surface area contributed by atoms with Crippen molar-refractivity contribution in [3.05, 3.63) is 0 Å². The number of fused-ring (bicyclic) bond motifs is 5. The summed E-state index contributed by atoms with van der Waals surface area (Å²) in [5.74, 6) is -1.05. The average molecular weight is 605 g/mol. The van der Waals surface area contributed by atoms with Gasteiger partial charge in [0, 0.05) is 18.3 Å². The van der Waals surface area contributed by atoms with Crippen LogP contribution in [0.15, 0.2) is 0 Å². The third-order valence-electron chi connectivity index (χ3n) is 14.1. The Morgan fingerprint density at radius 3 is 2.09 bits per heavy atom. The highest BCUT2D eigenvalue weighted by Gasteiger charge is 2.72. The molecule has 1 saturated heterocycles. The van der Waals surface area contributed by atoms with Crippen molar-refractivity contribution in [3.63, 3.8) is 0 Å². The van der Waals surface area contributed by atoms with Gasteiger partial charge in [-0.25, -0.2) is 0 Å². The SMILES string of the molecule is CC(=O)O[C@@H]1C[C@@H]2[C@@]3(C)CC[C@@H](OC(=O)CC(=O)O)C(C)(C)[C@@H]3CC[C@@]2(C)[C@]2(C)CC[C@H]([C@]3(C)CC[C@H](C(C)(C)O)O3)[C@@H]12. The number of esters is 2. The van der Waals surface area contributed by atoms with Gasteiger partial charge in [0.05, 0.1) is 17.3 Å². The molecule has 8 heteroatoms. The Balaban J connectivity index is 1.48. The summed E-state index contributed by atoms with van der Waals surface area (Å²) in [6.45, 7) is 19.2. The van der Waals surface area contributed by atoms with Gasteiger partial charge in [0.1, 0.15) is 18.6 Å². The van der Waals surface area contributed by atoms with Crippen LogP contribution in [0.1, 0.15) is 127 Å². The van der Waals surface area contributed by atoms with Gasteiger partial charge >= 0.3 is 17.9 Å². The molecule has 0 aromatic heterocycles. The first-order chi connectivity index (χ1) is 19.7. The van der Waals surface area contributed by atoms with Crippen LogP contribution in [-0.2, 0) is 28.6 Å². The van der Waals surface area contributed by atoms with E-state index < -0.39 is 24.0 Å². The van der Waals surface area contributed by atoms with Gasteiger partial charge in [-0.1, -0.05) is 34.6 Å². The molecule has 1 aliphatic heterocycles. The zero-order valence-corrected chi connectivity index (χ0v) is 28.0. The summed E-state index contributed by atoms with van der Waals surface area (Å²) in [5.41, 5.74) is -1.66. The summed E-state index contributed by atoms with van der Waals surface area (Å²) >= 11 is 0. The molecule has 5 rings (SSSR count). The summed E-state index contributed by atoms with van der Waals surface area (Å²) in [6, 6.07) is 0. The highest BCUT2D eigenvalue weighted by molar-refractivity contribution is 5.90. The van der Waals surface area contributed by atoms with E-state index in [2.05, 4.69) is 41.5 Å². The van der Waals surface area contributed by atoms with Crippen molar-refractivity contribution in [2.24, 2.45) is 45.3 Å². The zero-order chi connectivity index (χ0) is 32.0. The lowest BCUT2D eigenvalue weighted by molar-refractivity contribution is -0.254. The Morgan fingerprint density at radius 2 is 1.51 bits per heavy atom. The van der Waals surface area contributed by atoms with E-state index in [-0.39, 0.29) is 69.3 Å². The van der Waals surface area contributed by atoms with E-state index in [9.17, 15) is 19.5 Å². The topological polar surface area (TPSA) is 119 Å². The molecular formula is C35H56O8. The fourth-order valence-corrected chi connectivity index (χ4v) is 11.9. The molecule has 0 aromatic carbocycles. The van der Waals surface area contributed by atoms with Crippen molar-refractivity contribution < 1.29 is 38.8 Å². The predicted octanol–water partition coefficient (Wildman–Crippen LogP) is 6.31. The maximum Gasteiger partial charge on any atom is 0.317 e. The largest absolute Gasteiger partial charge is 0.481 e. The average Bonchev–Trinajstić information content (AvgIpc) is 3.44. The molecule has 0 amide bonds. The van der Waals surface area contributed by atoms with Crippen molar-refractivity contribution in [2.45, 2.75) is 156 Å². The summed E-state index contributed by atoms with van der Waals surface area (Å²) in [5, 5.41) is 19.9. The van der Waals surface area contributed by atoms with Crippen molar-refractivity contribution in [2.75, 3.05) is 0 Å². The summed E-state index contributed by atoms with van der Waals surface area (Å²) in [7, 11) is 0. The van der Waals surface area contributed by atoms with E-state index in [1.807, 2.05) is 13.8 Å².